The van der Waals surface area contributed by atoms with Crippen molar-refractivity contribution in [2.75, 3.05) is 5.33 Å². The van der Waals surface area contributed by atoms with E-state index in [0.29, 0.717) is 0 Å². The third kappa shape index (κ3) is 12.0. The van der Waals surface area contributed by atoms with Gasteiger partial charge in [-0.05, 0) is 19.3 Å². The van der Waals surface area contributed by atoms with Crippen molar-refractivity contribution < 1.29 is 0 Å². The average molecular weight is 259 g/mol. The molecule has 0 aromatic carbocycles. The third-order valence-corrected chi connectivity index (χ3v) is 2.59. The van der Waals surface area contributed by atoms with Crippen molar-refractivity contribution >= 4 is 15.9 Å². The van der Waals surface area contributed by atoms with Crippen LogP contribution in [0, 0.1) is 0 Å². The van der Waals surface area contributed by atoms with Crippen LogP contribution in [0.5, 0.6) is 0 Å². The molecule has 0 heterocycles. The highest BCUT2D eigenvalue weighted by Gasteiger charge is 1.85. The quantitative estimate of drug-likeness (QED) is 0.301. The van der Waals surface area contributed by atoms with E-state index >= 15 is 0 Å². The number of rotatable bonds is 9. The highest BCUT2D eigenvalue weighted by Crippen LogP contribution is 2.05. The number of hydrogen-bond donors (Lipinski definition) is 0. The maximum atomic E-state index is 3.39. The first-order chi connectivity index (χ1) is 6.91. The summed E-state index contributed by atoms with van der Waals surface area (Å²) in [5.41, 5.74) is 0. The Kier molecular flexibility index (Phi) is 12.9. The van der Waals surface area contributed by atoms with Crippen molar-refractivity contribution in [2.45, 2.75) is 51.9 Å². The molecule has 0 nitrogen and oxygen atoms in total. The Labute approximate surface area is 97.6 Å². The van der Waals surface area contributed by atoms with E-state index in [1.54, 1.807) is 0 Å². The lowest BCUT2D eigenvalue weighted by Gasteiger charge is -1.95. The highest BCUT2D eigenvalue weighted by atomic mass is 79.9. The summed E-state index contributed by atoms with van der Waals surface area (Å²) < 4.78 is 0. The van der Waals surface area contributed by atoms with Crippen LogP contribution >= 0.6 is 15.9 Å². The number of hydrogen-bond acceptors (Lipinski definition) is 0. The minimum absolute atomic E-state index is 1.06. The first-order valence-corrected chi connectivity index (χ1v) is 6.91. The maximum Gasteiger partial charge on any atom is 0.00660 e. The minimum Gasteiger partial charge on any atom is -0.0925 e. The van der Waals surface area contributed by atoms with Crippen LogP contribution in [0.3, 0.4) is 0 Å². The van der Waals surface area contributed by atoms with Gasteiger partial charge in [0.15, 0.2) is 0 Å². The van der Waals surface area contributed by atoms with Gasteiger partial charge < -0.3 is 0 Å². The molecule has 0 radical (unpaired) electrons. The van der Waals surface area contributed by atoms with Gasteiger partial charge in [-0.1, -0.05) is 72.8 Å². The summed E-state index contributed by atoms with van der Waals surface area (Å²) in [5, 5.41) is 1.06. The summed E-state index contributed by atoms with van der Waals surface area (Å²) in [6.45, 7) is 2.26. The Hall–Kier alpha value is -0.0400. The molecular weight excluding hydrogens is 236 g/mol. The molecule has 0 aliphatic heterocycles. The molecule has 82 valence electrons. The lowest BCUT2D eigenvalue weighted by atomic mass is 10.1. The second-order valence-corrected chi connectivity index (χ2v) is 4.33. The standard InChI is InChI=1S/C13H23Br/c1-2-3-4-5-6-7-8-9-10-11-12-13-14/h8-11H,2-7,12-13H2,1H3. The molecule has 0 aromatic heterocycles. The zero-order valence-corrected chi connectivity index (χ0v) is 10.9. The van der Waals surface area contributed by atoms with Crippen molar-refractivity contribution in [1.29, 1.82) is 0 Å². The topological polar surface area (TPSA) is 0 Å². The van der Waals surface area contributed by atoms with E-state index < -0.39 is 0 Å². The van der Waals surface area contributed by atoms with E-state index in [-0.39, 0.29) is 0 Å². The molecule has 0 bridgehead atoms. The molecule has 0 unspecified atom stereocenters. The zero-order chi connectivity index (χ0) is 10.5. The van der Waals surface area contributed by atoms with Crippen LogP contribution in [0.25, 0.3) is 0 Å². The van der Waals surface area contributed by atoms with Crippen LogP contribution in [-0.2, 0) is 0 Å². The van der Waals surface area contributed by atoms with Gasteiger partial charge in [-0.3, -0.25) is 0 Å². The molecule has 0 saturated heterocycles. The van der Waals surface area contributed by atoms with Gasteiger partial charge in [0.05, 0.1) is 0 Å². The van der Waals surface area contributed by atoms with Crippen LogP contribution < -0.4 is 0 Å². The number of alkyl halides is 1. The number of halogens is 1. The Bertz CT molecular complexity index is 147. The predicted octanol–water partition coefficient (Wildman–Crippen LogP) is 5.24. The Morgan fingerprint density at radius 3 is 2.14 bits per heavy atom. The van der Waals surface area contributed by atoms with Crippen molar-refractivity contribution in [3.8, 4) is 0 Å². The lowest BCUT2D eigenvalue weighted by molar-refractivity contribution is 0.637. The van der Waals surface area contributed by atoms with Gasteiger partial charge in [0.1, 0.15) is 0 Å². The normalized spacial score (nSPS) is 11.9. The van der Waals surface area contributed by atoms with Crippen LogP contribution in [-0.4, -0.2) is 5.33 Å². The summed E-state index contributed by atoms with van der Waals surface area (Å²) in [6, 6.07) is 0. The molecule has 0 atom stereocenters. The van der Waals surface area contributed by atoms with Crippen molar-refractivity contribution in [3.05, 3.63) is 24.3 Å². The molecule has 0 amide bonds. The molecule has 0 aliphatic rings. The van der Waals surface area contributed by atoms with E-state index in [1.165, 1.54) is 38.5 Å². The fourth-order valence-electron chi connectivity index (χ4n) is 1.28. The smallest absolute Gasteiger partial charge is 0.00660 e. The first kappa shape index (κ1) is 14.0. The van der Waals surface area contributed by atoms with Crippen LogP contribution in [0.2, 0.25) is 0 Å². The van der Waals surface area contributed by atoms with E-state index in [9.17, 15) is 0 Å². The monoisotopic (exact) mass is 258 g/mol. The van der Waals surface area contributed by atoms with Gasteiger partial charge >= 0.3 is 0 Å². The maximum absolute atomic E-state index is 3.39. The van der Waals surface area contributed by atoms with Gasteiger partial charge in [-0.25, -0.2) is 0 Å². The van der Waals surface area contributed by atoms with E-state index in [1.807, 2.05) is 0 Å². The second-order valence-electron chi connectivity index (χ2n) is 3.54. The molecule has 0 fully saturated rings. The van der Waals surface area contributed by atoms with Crippen LogP contribution in [0.15, 0.2) is 24.3 Å². The zero-order valence-electron chi connectivity index (χ0n) is 9.34. The van der Waals surface area contributed by atoms with E-state index in [2.05, 4.69) is 47.2 Å². The molecule has 0 aliphatic carbocycles. The molecule has 0 rings (SSSR count). The molecule has 0 N–H and O–H groups in total. The van der Waals surface area contributed by atoms with Gasteiger partial charge in [0.2, 0.25) is 0 Å². The Morgan fingerprint density at radius 1 is 0.857 bits per heavy atom. The SMILES string of the molecule is CCCCCCCC=CC=CCCBr. The summed E-state index contributed by atoms with van der Waals surface area (Å²) >= 11 is 3.39. The largest absolute Gasteiger partial charge is 0.0925 e. The van der Waals surface area contributed by atoms with E-state index in [0.717, 1.165) is 11.8 Å². The summed E-state index contributed by atoms with van der Waals surface area (Å²) in [4.78, 5) is 0. The van der Waals surface area contributed by atoms with Gasteiger partial charge in [0, 0.05) is 5.33 Å². The average Bonchev–Trinajstić information content (AvgIpc) is 2.21. The number of allylic oxidation sites excluding steroid dienone is 4. The summed E-state index contributed by atoms with van der Waals surface area (Å²) in [5.74, 6) is 0. The van der Waals surface area contributed by atoms with Crippen LogP contribution in [0.1, 0.15) is 51.9 Å². The van der Waals surface area contributed by atoms with Gasteiger partial charge in [-0.2, -0.15) is 0 Å². The number of unbranched alkanes of at least 4 members (excludes halogenated alkanes) is 5. The van der Waals surface area contributed by atoms with Crippen molar-refractivity contribution in [2.24, 2.45) is 0 Å². The molecule has 0 spiro atoms. The molecule has 0 aromatic rings. The summed E-state index contributed by atoms with van der Waals surface area (Å²) in [6.07, 6.45) is 18.0. The Morgan fingerprint density at radius 2 is 1.50 bits per heavy atom. The van der Waals surface area contributed by atoms with Gasteiger partial charge in [0.25, 0.3) is 0 Å². The first-order valence-electron chi connectivity index (χ1n) is 5.79. The molecular formula is C13H23Br. The molecule has 14 heavy (non-hydrogen) atoms. The minimum atomic E-state index is 1.06. The van der Waals surface area contributed by atoms with E-state index in [4.69, 9.17) is 0 Å². The highest BCUT2D eigenvalue weighted by molar-refractivity contribution is 9.09. The van der Waals surface area contributed by atoms with Crippen molar-refractivity contribution in [3.63, 3.8) is 0 Å². The van der Waals surface area contributed by atoms with Crippen molar-refractivity contribution in [1.82, 2.24) is 0 Å². The predicted molar refractivity (Wildman–Crippen MR) is 70.1 cm³/mol. The molecule has 0 saturated carbocycles. The molecule has 1 heteroatoms. The fourth-order valence-corrected chi connectivity index (χ4v) is 1.54. The van der Waals surface area contributed by atoms with Gasteiger partial charge in [-0.15, -0.1) is 0 Å². The fraction of sp³-hybridized carbons (Fsp3) is 0.692. The third-order valence-electron chi connectivity index (χ3n) is 2.13. The van der Waals surface area contributed by atoms with Crippen LogP contribution in [0.4, 0.5) is 0 Å². The second kappa shape index (κ2) is 13.0. The Balaban J connectivity index is 3.10. The summed E-state index contributed by atoms with van der Waals surface area (Å²) in [7, 11) is 0. The lowest BCUT2D eigenvalue weighted by Crippen LogP contribution is -1.75.